The molecule has 1 unspecified atom stereocenters. The van der Waals surface area contributed by atoms with Crippen LogP contribution in [-0.2, 0) is 6.42 Å². The third-order valence-electron chi connectivity index (χ3n) is 6.49. The van der Waals surface area contributed by atoms with E-state index in [4.69, 9.17) is 0 Å². The summed E-state index contributed by atoms with van der Waals surface area (Å²) in [5.74, 6) is 0. The number of hydrogen-bond donors (Lipinski definition) is 2. The molecule has 178 valence electrons. The normalized spacial score (nSPS) is 12.1. The molecule has 0 saturated carbocycles. The van der Waals surface area contributed by atoms with E-state index >= 15 is 0 Å². The Morgan fingerprint density at radius 1 is 0.594 bits per heavy atom. The van der Waals surface area contributed by atoms with Gasteiger partial charge >= 0.3 is 0 Å². The van der Waals surface area contributed by atoms with Crippen LogP contribution in [0.3, 0.4) is 0 Å². The first-order chi connectivity index (χ1) is 15.8. The number of anilines is 2. The number of aryl methyl sites for hydroxylation is 1. The quantitative estimate of drug-likeness (QED) is 0.215. The van der Waals surface area contributed by atoms with Crippen molar-refractivity contribution in [3.05, 3.63) is 60.2 Å². The highest BCUT2D eigenvalue weighted by molar-refractivity contribution is 5.59. The van der Waals surface area contributed by atoms with Crippen molar-refractivity contribution in [1.82, 2.24) is 0 Å². The fraction of sp³-hybridized carbons (Fsp3) is 0.600. The molecule has 0 spiro atoms. The average molecular weight is 438 g/mol. The lowest BCUT2D eigenvalue weighted by atomic mass is 10.0. The van der Waals surface area contributed by atoms with Crippen molar-refractivity contribution in [3.63, 3.8) is 0 Å². The zero-order valence-corrected chi connectivity index (χ0v) is 20.5. The largest absolute Gasteiger partial charge is 0.393 e. The Hall–Kier alpha value is -1.80. The molecule has 0 heterocycles. The lowest BCUT2D eigenvalue weighted by Crippen LogP contribution is -2.03. The second kappa shape index (κ2) is 17.7. The Labute approximate surface area is 197 Å². The smallest absolute Gasteiger partial charge is 0.0537 e. The fourth-order valence-corrected chi connectivity index (χ4v) is 4.30. The van der Waals surface area contributed by atoms with Gasteiger partial charge in [-0.2, -0.15) is 0 Å². The van der Waals surface area contributed by atoms with E-state index in [0.717, 1.165) is 24.2 Å². The van der Waals surface area contributed by atoms with Crippen LogP contribution in [0.1, 0.15) is 109 Å². The predicted octanol–water partition coefficient (Wildman–Crippen LogP) is 9.21. The van der Waals surface area contributed by atoms with Crippen molar-refractivity contribution in [2.45, 2.75) is 116 Å². The van der Waals surface area contributed by atoms with Crippen LogP contribution in [0.4, 0.5) is 11.4 Å². The molecule has 0 aliphatic rings. The fourth-order valence-electron chi connectivity index (χ4n) is 4.30. The van der Waals surface area contributed by atoms with E-state index in [-0.39, 0.29) is 6.10 Å². The maximum absolute atomic E-state index is 9.55. The maximum Gasteiger partial charge on any atom is 0.0537 e. The van der Waals surface area contributed by atoms with Crippen LogP contribution >= 0.6 is 0 Å². The Balaban J connectivity index is 1.36. The van der Waals surface area contributed by atoms with Crippen molar-refractivity contribution in [2.75, 3.05) is 5.32 Å². The van der Waals surface area contributed by atoms with Gasteiger partial charge in [0.1, 0.15) is 0 Å². The van der Waals surface area contributed by atoms with Gasteiger partial charge in [-0.15, -0.1) is 0 Å². The number of para-hydroxylation sites is 1. The van der Waals surface area contributed by atoms with Crippen LogP contribution in [0.5, 0.6) is 0 Å². The minimum atomic E-state index is -0.0655. The monoisotopic (exact) mass is 437 g/mol. The Bertz CT molecular complexity index is 667. The molecule has 0 aliphatic heterocycles. The molecule has 32 heavy (non-hydrogen) atoms. The van der Waals surface area contributed by atoms with Gasteiger partial charge in [-0.25, -0.2) is 0 Å². The number of nitrogens with one attached hydrogen (secondary N) is 1. The summed E-state index contributed by atoms with van der Waals surface area (Å²) in [5, 5.41) is 13.0. The standard InChI is InChI=1S/C30H47NO/c1-2-30(32)22-18-13-11-9-7-5-3-4-6-8-10-12-15-19-27-23-25-29(26-24-27)31-28-20-16-14-17-21-28/h14,16-17,20-21,23-26,30-32H,2-13,15,18-19,22H2,1H3. The van der Waals surface area contributed by atoms with Gasteiger partial charge in [0, 0.05) is 11.4 Å². The van der Waals surface area contributed by atoms with Crippen molar-refractivity contribution < 1.29 is 5.11 Å². The van der Waals surface area contributed by atoms with Crippen LogP contribution in [0, 0.1) is 0 Å². The van der Waals surface area contributed by atoms with E-state index in [1.54, 1.807) is 0 Å². The molecule has 2 N–H and O–H groups in total. The summed E-state index contributed by atoms with van der Waals surface area (Å²) in [6, 6.07) is 19.3. The number of unbranched alkanes of at least 4 members (excludes halogenated alkanes) is 12. The number of benzene rings is 2. The molecule has 0 bridgehead atoms. The molecule has 2 rings (SSSR count). The maximum atomic E-state index is 9.55. The van der Waals surface area contributed by atoms with Crippen molar-refractivity contribution >= 4 is 11.4 Å². The molecular formula is C30H47NO. The highest BCUT2D eigenvalue weighted by Gasteiger charge is 2.00. The molecule has 2 aromatic carbocycles. The van der Waals surface area contributed by atoms with Crippen molar-refractivity contribution in [2.24, 2.45) is 0 Å². The summed E-state index contributed by atoms with van der Waals surface area (Å²) >= 11 is 0. The van der Waals surface area contributed by atoms with Crippen LogP contribution in [0.15, 0.2) is 54.6 Å². The highest BCUT2D eigenvalue weighted by atomic mass is 16.3. The summed E-state index contributed by atoms with van der Waals surface area (Å²) in [6.45, 7) is 2.07. The summed E-state index contributed by atoms with van der Waals surface area (Å²) < 4.78 is 0. The first-order valence-corrected chi connectivity index (χ1v) is 13.4. The summed E-state index contributed by atoms with van der Waals surface area (Å²) in [7, 11) is 0. The van der Waals surface area contributed by atoms with Gasteiger partial charge in [0.25, 0.3) is 0 Å². The lowest BCUT2D eigenvalue weighted by Gasteiger charge is -2.08. The van der Waals surface area contributed by atoms with Gasteiger partial charge in [0.2, 0.25) is 0 Å². The molecule has 0 saturated heterocycles. The van der Waals surface area contributed by atoms with E-state index in [2.05, 4.69) is 60.8 Å². The molecule has 2 nitrogen and oxygen atoms in total. The molecule has 2 aromatic rings. The van der Waals surface area contributed by atoms with Gasteiger partial charge in [-0.05, 0) is 55.5 Å². The molecule has 1 atom stereocenters. The second-order valence-corrected chi connectivity index (χ2v) is 9.38. The Morgan fingerprint density at radius 2 is 1.06 bits per heavy atom. The van der Waals surface area contributed by atoms with Crippen LogP contribution in [0.25, 0.3) is 0 Å². The van der Waals surface area contributed by atoms with Gasteiger partial charge in [0.15, 0.2) is 0 Å². The molecular weight excluding hydrogens is 390 g/mol. The third-order valence-corrected chi connectivity index (χ3v) is 6.49. The van der Waals surface area contributed by atoms with Crippen LogP contribution in [0.2, 0.25) is 0 Å². The number of aliphatic hydroxyl groups is 1. The zero-order chi connectivity index (χ0) is 22.7. The Morgan fingerprint density at radius 3 is 1.59 bits per heavy atom. The van der Waals surface area contributed by atoms with Crippen molar-refractivity contribution in [1.29, 1.82) is 0 Å². The Kier molecular flexibility index (Phi) is 14.6. The van der Waals surface area contributed by atoms with Crippen LogP contribution in [-0.4, -0.2) is 11.2 Å². The summed E-state index contributed by atoms with van der Waals surface area (Å²) in [4.78, 5) is 0. The molecule has 2 heteroatoms. The summed E-state index contributed by atoms with van der Waals surface area (Å²) in [6.07, 6.45) is 20.8. The van der Waals surface area contributed by atoms with Gasteiger partial charge in [0.05, 0.1) is 6.10 Å². The SMILES string of the molecule is CCC(O)CCCCCCCCCCCCCCCc1ccc(Nc2ccccc2)cc1. The highest BCUT2D eigenvalue weighted by Crippen LogP contribution is 2.18. The third kappa shape index (κ3) is 12.9. The first-order valence-electron chi connectivity index (χ1n) is 13.4. The van der Waals surface area contributed by atoms with E-state index < -0.39 is 0 Å². The van der Waals surface area contributed by atoms with Crippen LogP contribution < -0.4 is 5.32 Å². The number of rotatable bonds is 19. The summed E-state index contributed by atoms with van der Waals surface area (Å²) in [5.41, 5.74) is 3.75. The number of aliphatic hydroxyl groups excluding tert-OH is 1. The average Bonchev–Trinajstić information content (AvgIpc) is 2.83. The predicted molar refractivity (Wildman–Crippen MR) is 141 cm³/mol. The molecule has 0 amide bonds. The number of hydrogen-bond acceptors (Lipinski definition) is 2. The van der Waals surface area contributed by atoms with Gasteiger partial charge < -0.3 is 10.4 Å². The molecule has 0 aromatic heterocycles. The van der Waals surface area contributed by atoms with Crippen molar-refractivity contribution in [3.8, 4) is 0 Å². The molecule has 0 fully saturated rings. The van der Waals surface area contributed by atoms with E-state index in [0.29, 0.717) is 0 Å². The minimum Gasteiger partial charge on any atom is -0.393 e. The van der Waals surface area contributed by atoms with E-state index in [1.807, 2.05) is 6.07 Å². The molecule has 0 aliphatic carbocycles. The second-order valence-electron chi connectivity index (χ2n) is 9.38. The van der Waals surface area contributed by atoms with E-state index in [1.165, 1.54) is 95.5 Å². The van der Waals surface area contributed by atoms with Gasteiger partial charge in [-0.3, -0.25) is 0 Å². The molecule has 0 radical (unpaired) electrons. The van der Waals surface area contributed by atoms with Gasteiger partial charge in [-0.1, -0.05) is 114 Å². The van der Waals surface area contributed by atoms with E-state index in [9.17, 15) is 5.11 Å². The topological polar surface area (TPSA) is 32.3 Å². The zero-order valence-electron chi connectivity index (χ0n) is 20.5. The first kappa shape index (κ1) is 26.5. The minimum absolute atomic E-state index is 0.0655. The lowest BCUT2D eigenvalue weighted by molar-refractivity contribution is 0.156.